The molecule has 0 radical (unpaired) electrons. The van der Waals surface area contributed by atoms with Gasteiger partial charge in [0.2, 0.25) is 0 Å². The first kappa shape index (κ1) is 34.0. The van der Waals surface area contributed by atoms with Crippen molar-refractivity contribution in [1.82, 2.24) is 9.97 Å². The number of benzene rings is 8. The van der Waals surface area contributed by atoms with Crippen molar-refractivity contribution in [2.45, 2.75) is 13.8 Å². The molecular formula is C52H39N2OP. The second-order valence-electron chi connectivity index (χ2n) is 14.7. The van der Waals surface area contributed by atoms with E-state index in [0.29, 0.717) is 0 Å². The fourth-order valence-electron chi connectivity index (χ4n) is 8.79. The Morgan fingerprint density at radius 3 is 1.30 bits per heavy atom. The van der Waals surface area contributed by atoms with E-state index in [1.165, 1.54) is 32.7 Å². The molecule has 4 heteroatoms. The summed E-state index contributed by atoms with van der Waals surface area (Å²) in [4.78, 5) is 23.4. The molecule has 1 N–H and O–H groups in total. The van der Waals surface area contributed by atoms with Gasteiger partial charge in [-0.25, -0.2) is 4.98 Å². The Kier molecular flexibility index (Phi) is 8.29. The van der Waals surface area contributed by atoms with Crippen molar-refractivity contribution in [3.05, 3.63) is 199 Å². The Labute approximate surface area is 327 Å². The number of aromatic nitrogens is 2. The minimum atomic E-state index is -3.22. The van der Waals surface area contributed by atoms with Crippen LogP contribution in [0.15, 0.2) is 188 Å². The van der Waals surface area contributed by atoms with Crippen LogP contribution in [0.3, 0.4) is 0 Å². The van der Waals surface area contributed by atoms with E-state index in [1.807, 2.05) is 60.7 Å². The third kappa shape index (κ3) is 5.43. The van der Waals surface area contributed by atoms with Crippen molar-refractivity contribution < 1.29 is 4.89 Å². The van der Waals surface area contributed by atoms with Gasteiger partial charge >= 0.3 is 246 Å². The van der Waals surface area contributed by atoms with E-state index in [2.05, 4.69) is 141 Å². The average molecular weight is 739 g/mol. The van der Waals surface area contributed by atoms with Crippen LogP contribution in [0.4, 0.5) is 0 Å². The number of hydrogen-bond acceptors (Lipinski definition) is 3. The van der Waals surface area contributed by atoms with Gasteiger partial charge in [0, 0.05) is 10.9 Å². The summed E-state index contributed by atoms with van der Waals surface area (Å²) in [7, 11) is -3.22. The Morgan fingerprint density at radius 1 is 0.357 bits per heavy atom. The number of rotatable bonds is 6. The van der Waals surface area contributed by atoms with Gasteiger partial charge in [0.15, 0.2) is 0 Å². The Hall–Kier alpha value is -6.51. The van der Waals surface area contributed by atoms with Crippen LogP contribution in [-0.2, 0) is 0 Å². The van der Waals surface area contributed by atoms with Crippen LogP contribution in [0, 0.1) is 13.8 Å². The number of para-hydroxylation sites is 1. The molecule has 2 aromatic heterocycles. The van der Waals surface area contributed by atoms with Crippen molar-refractivity contribution >= 4 is 66.8 Å². The Bertz CT molecular complexity index is 3040. The molecule has 3 nitrogen and oxygen atoms in total. The first-order chi connectivity index (χ1) is 27.5. The summed E-state index contributed by atoms with van der Waals surface area (Å²) in [6.45, 7) is 4.52. The third-order valence-electron chi connectivity index (χ3n) is 11.5. The van der Waals surface area contributed by atoms with Gasteiger partial charge in [-0.2, -0.15) is 0 Å². The van der Waals surface area contributed by atoms with Gasteiger partial charge in [-0.1, -0.05) is 54.6 Å². The van der Waals surface area contributed by atoms with Gasteiger partial charge in [0.05, 0.1) is 5.52 Å². The van der Waals surface area contributed by atoms with Crippen molar-refractivity contribution in [1.29, 1.82) is 0 Å². The smallest absolute Gasteiger partial charge is 0.247 e. The third-order valence-corrected chi connectivity index (χ3v) is 15.0. The first-order valence-corrected chi connectivity index (χ1v) is 21.1. The van der Waals surface area contributed by atoms with Crippen LogP contribution in [0.25, 0.3) is 77.0 Å². The summed E-state index contributed by atoms with van der Waals surface area (Å²) in [5.41, 5.74) is 10.6. The quantitative estimate of drug-likeness (QED) is 0.105. The molecule has 10 rings (SSSR count). The molecule has 0 spiro atoms. The van der Waals surface area contributed by atoms with Crippen LogP contribution >= 0.6 is 7.49 Å². The van der Waals surface area contributed by atoms with Crippen LogP contribution in [0.2, 0.25) is 0 Å². The van der Waals surface area contributed by atoms with Crippen molar-refractivity contribution in [3.8, 4) is 33.6 Å². The van der Waals surface area contributed by atoms with Crippen LogP contribution < -0.4 is 15.9 Å². The molecule has 268 valence electrons. The molecule has 8 aromatic carbocycles. The number of fused-ring (bicyclic) bond motifs is 6. The first-order valence-electron chi connectivity index (χ1n) is 19.1. The van der Waals surface area contributed by atoms with E-state index < -0.39 is 7.49 Å². The predicted octanol–water partition coefficient (Wildman–Crippen LogP) is 11.6. The summed E-state index contributed by atoms with van der Waals surface area (Å²) in [6, 6.07) is 65.1. The zero-order chi connectivity index (χ0) is 37.8. The monoisotopic (exact) mass is 738 g/mol. The zero-order valence-electron chi connectivity index (χ0n) is 31.2. The van der Waals surface area contributed by atoms with E-state index in [0.717, 1.165) is 71.4 Å². The molecule has 0 amide bonds. The topological polar surface area (TPSA) is 46.0 Å². The molecular weight excluding hydrogens is 700 g/mol. The summed E-state index contributed by atoms with van der Waals surface area (Å²) in [5.74, 6) is 0. The van der Waals surface area contributed by atoms with Crippen molar-refractivity contribution in [2.24, 2.45) is 0 Å². The molecule has 0 bridgehead atoms. The van der Waals surface area contributed by atoms with E-state index >= 15 is 0 Å². The van der Waals surface area contributed by atoms with Crippen molar-refractivity contribution in [3.63, 3.8) is 0 Å². The molecule has 0 unspecified atom stereocenters. The summed E-state index contributed by atoms with van der Waals surface area (Å²) in [5, 5.41) is 9.93. The van der Waals surface area contributed by atoms with Crippen LogP contribution in [0.1, 0.15) is 11.1 Å². The second kappa shape index (κ2) is 13.7. The summed E-state index contributed by atoms with van der Waals surface area (Å²) < 4.78 is 0. The Morgan fingerprint density at radius 2 is 0.768 bits per heavy atom. The van der Waals surface area contributed by atoms with Gasteiger partial charge in [-0.15, -0.1) is 0 Å². The van der Waals surface area contributed by atoms with E-state index in [9.17, 15) is 4.89 Å². The minimum absolute atomic E-state index is 0.939. The Balaban J connectivity index is 1.21. The van der Waals surface area contributed by atoms with Gasteiger partial charge in [0.1, 0.15) is 0 Å². The number of aryl methyl sites for hydroxylation is 2. The number of hydrogen-bond donors (Lipinski definition) is 1. The molecule has 0 atom stereocenters. The number of pyridine rings is 2. The molecule has 0 aliphatic heterocycles. The van der Waals surface area contributed by atoms with Gasteiger partial charge in [-0.3, -0.25) is 0 Å². The molecule has 56 heavy (non-hydrogen) atoms. The fourth-order valence-corrected chi connectivity index (χ4v) is 11.8. The standard InChI is InChI=1S/C52H39N2OP/c1-34-47-43-25-15-16-26-45(43)53-51(37-17-7-3-8-18-37)49(47)35(2)48-44-32-29-39(33-46(44)54-52(50(34)48)38-19-9-4-10-20-38)36-27-30-42(31-28-36)56(55,40-21-11-5-12-22-40)41-23-13-6-14-24-41/h3-33,55-56H,1-2H3. The van der Waals surface area contributed by atoms with Gasteiger partial charge in [-0.05, 0) is 6.07 Å². The molecule has 0 aliphatic carbocycles. The second-order valence-corrected chi connectivity index (χ2v) is 17.8. The van der Waals surface area contributed by atoms with E-state index in [4.69, 9.17) is 9.97 Å². The molecule has 0 fully saturated rings. The van der Waals surface area contributed by atoms with E-state index in [-0.39, 0.29) is 0 Å². The molecule has 0 saturated heterocycles. The average Bonchev–Trinajstić information content (AvgIpc) is 3.27. The number of nitrogens with zero attached hydrogens (tertiary/aromatic N) is 2. The fraction of sp³-hybridized carbons (Fsp3) is 0.0385. The molecule has 0 saturated carbocycles. The minimum Gasteiger partial charge on any atom is -0.247 e. The zero-order valence-corrected chi connectivity index (χ0v) is 32.2. The maximum atomic E-state index is 12.6. The molecule has 2 heterocycles. The van der Waals surface area contributed by atoms with Crippen LogP contribution in [0.5, 0.6) is 0 Å². The summed E-state index contributed by atoms with van der Waals surface area (Å²) in [6.07, 6.45) is 0. The van der Waals surface area contributed by atoms with Gasteiger partial charge < -0.3 is 0 Å². The predicted molar refractivity (Wildman–Crippen MR) is 240 cm³/mol. The van der Waals surface area contributed by atoms with Crippen LogP contribution in [-0.4, -0.2) is 14.9 Å². The van der Waals surface area contributed by atoms with Gasteiger partial charge in [0.25, 0.3) is 0 Å². The molecule has 10 aromatic rings. The molecule has 0 aliphatic rings. The van der Waals surface area contributed by atoms with Crippen molar-refractivity contribution in [2.75, 3.05) is 0 Å². The summed E-state index contributed by atoms with van der Waals surface area (Å²) >= 11 is 0. The van der Waals surface area contributed by atoms with E-state index in [1.54, 1.807) is 0 Å². The SMILES string of the molecule is Cc1c2c(-c3ccccc3)nc3cc(-c4ccc([PH](O)(c5ccccc5)c5ccccc5)cc4)ccc3c2c(C)c2c(-c3ccccc3)nc3ccccc3c12. The normalized spacial score (nSPS) is 12.1. The maximum absolute atomic E-state index is 12.6.